The molecule has 8 heteroatoms. The number of cyclic esters (lactones) is 1. The van der Waals surface area contributed by atoms with Crippen LogP contribution in [0.15, 0.2) is 18.2 Å². The molecule has 1 aromatic carbocycles. The molecule has 3 N–H and O–H groups in total. The van der Waals surface area contributed by atoms with Crippen LogP contribution < -0.4 is 5.32 Å². The summed E-state index contributed by atoms with van der Waals surface area (Å²) >= 11 is 0. The molecule has 2 aliphatic rings. The van der Waals surface area contributed by atoms with Crippen LogP contribution in [0.2, 0.25) is 0 Å². The van der Waals surface area contributed by atoms with Gasteiger partial charge < -0.3 is 25.0 Å². The number of β-amino-alcohol motifs (C(OH)–C–C–N with tert-alkyl or cyclic N) is 1. The monoisotopic (exact) mass is 394 g/mol. The van der Waals surface area contributed by atoms with Crippen LogP contribution in [-0.2, 0) is 20.9 Å². The molecule has 156 valence electrons. The zero-order valence-corrected chi connectivity index (χ0v) is 16.7. The second kappa shape index (κ2) is 9.97. The first-order valence-electron chi connectivity index (χ1n) is 9.40. The SMILES string of the molecule is CC(C)(C)OC=O.O=C1OCc2cc(C(O)CN3CCNC[C@H]3CO)ccc21. The number of esters is 1. The highest BCUT2D eigenvalue weighted by Gasteiger charge is 2.26. The van der Waals surface area contributed by atoms with Gasteiger partial charge in [-0.25, -0.2) is 4.79 Å². The molecular formula is C20H30N2O6. The normalized spacial score (nSPS) is 20.5. The van der Waals surface area contributed by atoms with Gasteiger partial charge in [0.05, 0.1) is 18.3 Å². The number of nitrogens with zero attached hydrogens (tertiary/aromatic N) is 1. The Hall–Kier alpha value is -2.00. The van der Waals surface area contributed by atoms with Crippen molar-refractivity contribution in [2.45, 2.75) is 45.1 Å². The zero-order chi connectivity index (χ0) is 20.7. The maximum Gasteiger partial charge on any atom is 0.338 e. The van der Waals surface area contributed by atoms with Crippen LogP contribution in [0.5, 0.6) is 0 Å². The van der Waals surface area contributed by atoms with E-state index < -0.39 is 6.10 Å². The Labute approximate surface area is 165 Å². The topological polar surface area (TPSA) is 108 Å². The predicted molar refractivity (Wildman–Crippen MR) is 103 cm³/mol. The van der Waals surface area contributed by atoms with Crippen LogP contribution in [0.4, 0.5) is 0 Å². The van der Waals surface area contributed by atoms with E-state index in [1.165, 1.54) is 0 Å². The Morgan fingerprint density at radius 2 is 2.18 bits per heavy atom. The quantitative estimate of drug-likeness (QED) is 0.493. The average Bonchev–Trinajstić information content (AvgIpc) is 3.02. The number of fused-ring (bicyclic) bond motifs is 1. The van der Waals surface area contributed by atoms with Gasteiger partial charge in [-0.05, 0) is 38.5 Å². The lowest BCUT2D eigenvalue weighted by molar-refractivity contribution is -0.138. The van der Waals surface area contributed by atoms with Crippen molar-refractivity contribution in [3.63, 3.8) is 0 Å². The molecule has 2 heterocycles. The van der Waals surface area contributed by atoms with E-state index in [1.807, 2.05) is 26.8 Å². The number of nitrogens with one attached hydrogen (secondary N) is 1. The molecular weight excluding hydrogens is 364 g/mol. The molecule has 1 fully saturated rings. The summed E-state index contributed by atoms with van der Waals surface area (Å²) in [5, 5.41) is 23.0. The fourth-order valence-corrected chi connectivity index (χ4v) is 3.06. The summed E-state index contributed by atoms with van der Waals surface area (Å²) in [5.74, 6) is -0.298. The van der Waals surface area contributed by atoms with Crippen molar-refractivity contribution >= 4 is 12.4 Å². The summed E-state index contributed by atoms with van der Waals surface area (Å²) in [6.07, 6.45) is -0.641. The Balaban J connectivity index is 0.000000345. The summed E-state index contributed by atoms with van der Waals surface area (Å²) in [4.78, 5) is 23.1. The number of rotatable bonds is 5. The highest BCUT2D eigenvalue weighted by molar-refractivity contribution is 5.93. The van der Waals surface area contributed by atoms with Gasteiger partial charge in [-0.15, -0.1) is 0 Å². The summed E-state index contributed by atoms with van der Waals surface area (Å²) in [5.41, 5.74) is 1.88. The Kier molecular flexibility index (Phi) is 7.94. The number of aliphatic hydroxyl groups excluding tert-OH is 2. The van der Waals surface area contributed by atoms with Crippen LogP contribution in [0.1, 0.15) is 48.4 Å². The average molecular weight is 394 g/mol. The van der Waals surface area contributed by atoms with E-state index in [0.29, 0.717) is 18.6 Å². The molecule has 0 aliphatic carbocycles. The van der Waals surface area contributed by atoms with Crippen molar-refractivity contribution in [1.29, 1.82) is 0 Å². The first-order valence-corrected chi connectivity index (χ1v) is 9.40. The molecule has 0 aromatic heterocycles. The van der Waals surface area contributed by atoms with E-state index in [-0.39, 0.29) is 30.8 Å². The van der Waals surface area contributed by atoms with Gasteiger partial charge in [0.15, 0.2) is 0 Å². The zero-order valence-electron chi connectivity index (χ0n) is 16.7. The molecule has 1 unspecified atom stereocenters. The number of carbonyl (C=O) groups is 2. The van der Waals surface area contributed by atoms with Gasteiger partial charge in [0, 0.05) is 37.8 Å². The highest BCUT2D eigenvalue weighted by atomic mass is 16.5. The molecule has 2 aliphatic heterocycles. The molecule has 1 saturated heterocycles. The van der Waals surface area contributed by atoms with Gasteiger partial charge in [0.1, 0.15) is 12.2 Å². The standard InChI is InChI=1S/C15H20N2O4.C5H10O2/c18-8-12-6-16-3-4-17(12)7-14(19)10-1-2-13-11(5-10)9-21-15(13)20;1-5(2,3)7-4-6/h1-2,5,12,14,16,18-19H,3-4,6-9H2;4H,1-3H3/t12-,14?;/m0./s1. The van der Waals surface area contributed by atoms with Crippen molar-refractivity contribution in [2.75, 3.05) is 32.8 Å². The summed E-state index contributed by atoms with van der Waals surface area (Å²) < 4.78 is 9.52. The third-order valence-electron chi connectivity index (χ3n) is 4.58. The molecule has 0 amide bonds. The number of hydrogen-bond acceptors (Lipinski definition) is 8. The van der Waals surface area contributed by atoms with E-state index >= 15 is 0 Å². The first-order chi connectivity index (χ1) is 13.2. The molecule has 1 aromatic rings. The third-order valence-corrected chi connectivity index (χ3v) is 4.58. The number of carbonyl (C=O) groups excluding carboxylic acids is 2. The predicted octanol–water partition coefficient (Wildman–Crippen LogP) is 0.614. The van der Waals surface area contributed by atoms with E-state index in [4.69, 9.17) is 4.74 Å². The summed E-state index contributed by atoms with van der Waals surface area (Å²) in [6, 6.07) is 5.35. The first kappa shape index (κ1) is 22.3. The van der Waals surface area contributed by atoms with Gasteiger partial charge >= 0.3 is 5.97 Å². The largest absolute Gasteiger partial charge is 0.462 e. The molecule has 2 atom stereocenters. The van der Waals surface area contributed by atoms with E-state index in [1.54, 1.807) is 12.1 Å². The lowest BCUT2D eigenvalue weighted by atomic mass is 10.0. The van der Waals surface area contributed by atoms with Gasteiger partial charge in [-0.3, -0.25) is 9.69 Å². The van der Waals surface area contributed by atoms with Crippen LogP contribution >= 0.6 is 0 Å². The van der Waals surface area contributed by atoms with E-state index in [9.17, 15) is 19.8 Å². The van der Waals surface area contributed by atoms with Gasteiger partial charge in [-0.1, -0.05) is 6.07 Å². The van der Waals surface area contributed by atoms with Gasteiger partial charge in [-0.2, -0.15) is 0 Å². The molecule has 0 saturated carbocycles. The second-order valence-electron chi connectivity index (χ2n) is 7.87. The van der Waals surface area contributed by atoms with Crippen molar-refractivity contribution in [1.82, 2.24) is 10.2 Å². The molecule has 28 heavy (non-hydrogen) atoms. The van der Waals surface area contributed by atoms with Crippen molar-refractivity contribution in [3.8, 4) is 0 Å². The van der Waals surface area contributed by atoms with Crippen molar-refractivity contribution in [3.05, 3.63) is 34.9 Å². The van der Waals surface area contributed by atoms with E-state index in [2.05, 4.69) is 15.0 Å². The smallest absolute Gasteiger partial charge is 0.338 e. The molecule has 0 spiro atoms. The van der Waals surface area contributed by atoms with Crippen LogP contribution in [0, 0.1) is 0 Å². The molecule has 0 bridgehead atoms. The summed E-state index contributed by atoms with van der Waals surface area (Å²) in [6.45, 7) is 9.14. The summed E-state index contributed by atoms with van der Waals surface area (Å²) in [7, 11) is 0. The lowest BCUT2D eigenvalue weighted by Gasteiger charge is -2.36. The van der Waals surface area contributed by atoms with Gasteiger partial charge in [0.2, 0.25) is 0 Å². The minimum atomic E-state index is -0.641. The number of aliphatic hydroxyl groups is 2. The number of benzene rings is 1. The van der Waals surface area contributed by atoms with Crippen molar-refractivity contribution < 1.29 is 29.3 Å². The van der Waals surface area contributed by atoms with Gasteiger partial charge in [0.25, 0.3) is 6.47 Å². The fraction of sp³-hybridized carbons (Fsp3) is 0.600. The number of piperazine rings is 1. The molecule has 8 nitrogen and oxygen atoms in total. The maximum absolute atomic E-state index is 11.4. The maximum atomic E-state index is 11.4. The second-order valence-corrected chi connectivity index (χ2v) is 7.87. The number of ether oxygens (including phenoxy) is 2. The lowest BCUT2D eigenvalue weighted by Crippen LogP contribution is -2.53. The fourth-order valence-electron chi connectivity index (χ4n) is 3.06. The Bertz CT molecular complexity index is 673. The minimum Gasteiger partial charge on any atom is -0.462 e. The number of hydrogen-bond donors (Lipinski definition) is 3. The van der Waals surface area contributed by atoms with Crippen LogP contribution in [-0.4, -0.2) is 72.0 Å². The minimum absolute atomic E-state index is 0.0349. The van der Waals surface area contributed by atoms with E-state index in [0.717, 1.165) is 30.8 Å². The van der Waals surface area contributed by atoms with Crippen molar-refractivity contribution in [2.24, 2.45) is 0 Å². The Morgan fingerprint density at radius 3 is 2.79 bits per heavy atom. The molecule has 3 rings (SSSR count). The third kappa shape index (κ3) is 6.27. The van der Waals surface area contributed by atoms with Crippen LogP contribution in [0.3, 0.4) is 0 Å². The van der Waals surface area contributed by atoms with Crippen LogP contribution in [0.25, 0.3) is 0 Å². The Morgan fingerprint density at radius 1 is 1.43 bits per heavy atom. The molecule has 0 radical (unpaired) electrons. The highest BCUT2D eigenvalue weighted by Crippen LogP contribution is 2.25.